The third-order valence-electron chi connectivity index (χ3n) is 3.89. The van der Waals surface area contributed by atoms with E-state index in [2.05, 4.69) is 45.1 Å². The molecule has 0 N–H and O–H groups in total. The SMILES string of the molecule is O=Cc1cc(Br)ccc1N(Cc1ccccc1)Cc1ccccc1. The van der Waals surface area contributed by atoms with Crippen LogP contribution in [0.1, 0.15) is 21.5 Å². The molecule has 0 aliphatic heterocycles. The standard InChI is InChI=1S/C21H18BrNO/c22-20-11-12-21(19(13-20)16-24)23(14-17-7-3-1-4-8-17)15-18-9-5-2-6-10-18/h1-13,16H,14-15H2. The summed E-state index contributed by atoms with van der Waals surface area (Å²) in [5, 5.41) is 0. The summed E-state index contributed by atoms with van der Waals surface area (Å²) in [5.41, 5.74) is 4.07. The lowest BCUT2D eigenvalue weighted by molar-refractivity contribution is 0.112. The quantitative estimate of drug-likeness (QED) is 0.529. The molecule has 0 atom stereocenters. The highest BCUT2D eigenvalue weighted by Crippen LogP contribution is 2.26. The molecule has 0 unspecified atom stereocenters. The molecule has 0 aliphatic rings. The van der Waals surface area contributed by atoms with Crippen LogP contribution in [-0.4, -0.2) is 6.29 Å². The fourth-order valence-electron chi connectivity index (χ4n) is 2.74. The minimum absolute atomic E-state index is 0.691. The highest BCUT2D eigenvalue weighted by molar-refractivity contribution is 9.10. The molecule has 0 fully saturated rings. The van der Waals surface area contributed by atoms with Crippen LogP contribution < -0.4 is 4.90 Å². The Bertz CT molecular complexity index is 761. The van der Waals surface area contributed by atoms with Crippen molar-refractivity contribution in [2.75, 3.05) is 4.90 Å². The van der Waals surface area contributed by atoms with Crippen LogP contribution in [0.25, 0.3) is 0 Å². The Morgan fingerprint density at radius 3 is 1.83 bits per heavy atom. The number of rotatable bonds is 6. The van der Waals surface area contributed by atoms with E-state index >= 15 is 0 Å². The van der Waals surface area contributed by atoms with Crippen LogP contribution in [0, 0.1) is 0 Å². The summed E-state index contributed by atoms with van der Waals surface area (Å²) in [6.07, 6.45) is 0.920. The number of carbonyl (C=O) groups is 1. The Morgan fingerprint density at radius 2 is 1.33 bits per heavy atom. The van der Waals surface area contributed by atoms with E-state index in [-0.39, 0.29) is 0 Å². The zero-order valence-corrected chi connectivity index (χ0v) is 14.8. The van der Waals surface area contributed by atoms with Gasteiger partial charge in [0.2, 0.25) is 0 Å². The number of hydrogen-bond acceptors (Lipinski definition) is 2. The molecule has 3 rings (SSSR count). The topological polar surface area (TPSA) is 20.3 Å². The number of carbonyl (C=O) groups excluding carboxylic acids is 1. The van der Waals surface area contributed by atoms with Crippen LogP contribution in [0.5, 0.6) is 0 Å². The van der Waals surface area contributed by atoms with Crippen molar-refractivity contribution in [3.8, 4) is 0 Å². The Hall–Kier alpha value is -2.39. The molecule has 120 valence electrons. The first-order chi connectivity index (χ1) is 11.8. The Kier molecular flexibility index (Phi) is 5.44. The van der Waals surface area contributed by atoms with Crippen LogP contribution in [0.2, 0.25) is 0 Å². The van der Waals surface area contributed by atoms with E-state index in [0.717, 1.165) is 29.5 Å². The van der Waals surface area contributed by atoms with Crippen LogP contribution in [0.15, 0.2) is 83.3 Å². The van der Waals surface area contributed by atoms with Crippen molar-refractivity contribution in [2.24, 2.45) is 0 Å². The maximum Gasteiger partial charge on any atom is 0.152 e. The highest BCUT2D eigenvalue weighted by atomic mass is 79.9. The van der Waals surface area contributed by atoms with E-state index in [1.54, 1.807) is 0 Å². The van der Waals surface area contributed by atoms with Gasteiger partial charge >= 0.3 is 0 Å². The smallest absolute Gasteiger partial charge is 0.152 e. The summed E-state index contributed by atoms with van der Waals surface area (Å²) in [7, 11) is 0. The second kappa shape index (κ2) is 7.93. The van der Waals surface area contributed by atoms with Crippen LogP contribution in [0.3, 0.4) is 0 Å². The van der Waals surface area contributed by atoms with Gasteiger partial charge in [-0.05, 0) is 29.3 Å². The maximum atomic E-state index is 11.5. The van der Waals surface area contributed by atoms with Crippen LogP contribution in [0.4, 0.5) is 5.69 Å². The fraction of sp³-hybridized carbons (Fsp3) is 0.0952. The number of aldehydes is 1. The monoisotopic (exact) mass is 379 g/mol. The van der Waals surface area contributed by atoms with Gasteiger partial charge in [0.05, 0.1) is 0 Å². The molecule has 3 heteroatoms. The molecule has 0 saturated heterocycles. The van der Waals surface area contributed by atoms with Gasteiger partial charge < -0.3 is 4.90 Å². The van der Waals surface area contributed by atoms with Crippen LogP contribution >= 0.6 is 15.9 Å². The van der Waals surface area contributed by atoms with E-state index in [4.69, 9.17) is 0 Å². The number of nitrogens with zero attached hydrogens (tertiary/aromatic N) is 1. The van der Waals surface area contributed by atoms with Crippen molar-refractivity contribution < 1.29 is 4.79 Å². The first kappa shape index (κ1) is 16.5. The third-order valence-corrected chi connectivity index (χ3v) is 4.38. The summed E-state index contributed by atoms with van der Waals surface area (Å²) in [6, 6.07) is 26.5. The molecular weight excluding hydrogens is 362 g/mol. The van der Waals surface area contributed by atoms with Gasteiger partial charge in [-0.25, -0.2) is 0 Å². The van der Waals surface area contributed by atoms with Gasteiger partial charge in [0, 0.05) is 28.8 Å². The molecule has 0 saturated carbocycles. The van der Waals surface area contributed by atoms with Crippen molar-refractivity contribution in [3.63, 3.8) is 0 Å². The molecule has 24 heavy (non-hydrogen) atoms. The number of halogens is 1. The van der Waals surface area contributed by atoms with Gasteiger partial charge in [-0.2, -0.15) is 0 Å². The summed E-state index contributed by atoms with van der Waals surface area (Å²) >= 11 is 3.44. The molecule has 0 radical (unpaired) electrons. The van der Waals surface area contributed by atoms with Gasteiger partial charge in [0.15, 0.2) is 6.29 Å². The van der Waals surface area contributed by atoms with Crippen molar-refractivity contribution in [1.29, 1.82) is 0 Å². The summed E-state index contributed by atoms with van der Waals surface area (Å²) < 4.78 is 0.910. The van der Waals surface area contributed by atoms with Crippen molar-refractivity contribution in [3.05, 3.63) is 100 Å². The highest BCUT2D eigenvalue weighted by Gasteiger charge is 2.13. The van der Waals surface area contributed by atoms with Gasteiger partial charge in [0.1, 0.15) is 0 Å². The van der Waals surface area contributed by atoms with E-state index in [9.17, 15) is 4.79 Å². The Morgan fingerprint density at radius 1 is 0.792 bits per heavy atom. The Labute approximate surface area is 150 Å². The van der Waals surface area contributed by atoms with Gasteiger partial charge in [0.25, 0.3) is 0 Å². The molecule has 2 nitrogen and oxygen atoms in total. The molecule has 0 heterocycles. The first-order valence-electron chi connectivity index (χ1n) is 7.84. The average Bonchev–Trinajstić information content (AvgIpc) is 2.63. The van der Waals surface area contributed by atoms with E-state index in [1.165, 1.54) is 11.1 Å². The largest absolute Gasteiger partial charge is 0.362 e. The van der Waals surface area contributed by atoms with E-state index in [0.29, 0.717) is 5.56 Å². The van der Waals surface area contributed by atoms with E-state index in [1.807, 2.05) is 54.6 Å². The van der Waals surface area contributed by atoms with Crippen molar-refractivity contribution in [2.45, 2.75) is 13.1 Å². The fourth-order valence-corrected chi connectivity index (χ4v) is 3.12. The molecular formula is C21H18BrNO. The first-order valence-corrected chi connectivity index (χ1v) is 8.63. The van der Waals surface area contributed by atoms with Gasteiger partial charge in [-0.3, -0.25) is 4.79 Å². The number of benzene rings is 3. The predicted octanol–water partition coefficient (Wildman–Crippen LogP) is 5.47. The molecule has 0 aliphatic carbocycles. The minimum atomic E-state index is 0.691. The molecule has 0 bridgehead atoms. The van der Waals surface area contributed by atoms with Gasteiger partial charge in [-0.15, -0.1) is 0 Å². The average molecular weight is 380 g/mol. The third kappa shape index (κ3) is 4.12. The lowest BCUT2D eigenvalue weighted by Crippen LogP contribution is -2.23. The lowest BCUT2D eigenvalue weighted by atomic mass is 10.1. The molecule has 3 aromatic rings. The second-order valence-corrected chi connectivity index (χ2v) is 6.56. The molecule has 3 aromatic carbocycles. The van der Waals surface area contributed by atoms with Crippen LogP contribution in [-0.2, 0) is 13.1 Å². The normalized spacial score (nSPS) is 10.4. The zero-order valence-electron chi connectivity index (χ0n) is 13.2. The second-order valence-electron chi connectivity index (χ2n) is 5.65. The lowest BCUT2D eigenvalue weighted by Gasteiger charge is -2.26. The predicted molar refractivity (Wildman–Crippen MR) is 102 cm³/mol. The summed E-state index contributed by atoms with van der Waals surface area (Å²) in [6.45, 7) is 1.50. The van der Waals surface area contributed by atoms with Crippen molar-refractivity contribution in [1.82, 2.24) is 0 Å². The maximum absolute atomic E-state index is 11.5. The summed E-state index contributed by atoms with van der Waals surface area (Å²) in [4.78, 5) is 13.8. The van der Waals surface area contributed by atoms with Crippen molar-refractivity contribution >= 4 is 27.9 Å². The van der Waals surface area contributed by atoms with E-state index < -0.39 is 0 Å². The number of anilines is 1. The summed E-state index contributed by atoms with van der Waals surface area (Å²) in [5.74, 6) is 0. The number of hydrogen-bond donors (Lipinski definition) is 0. The molecule has 0 aromatic heterocycles. The van der Waals surface area contributed by atoms with Gasteiger partial charge in [-0.1, -0.05) is 76.6 Å². The zero-order chi connectivity index (χ0) is 16.8. The minimum Gasteiger partial charge on any atom is -0.362 e. The Balaban J connectivity index is 1.96. The molecule has 0 spiro atoms. The molecule has 0 amide bonds.